The summed E-state index contributed by atoms with van der Waals surface area (Å²) >= 11 is 6.26. The molecule has 4 rings (SSSR count). The third-order valence-electron chi connectivity index (χ3n) is 6.21. The highest BCUT2D eigenvalue weighted by Gasteiger charge is 2.39. The molecule has 3 amide bonds. The molecule has 174 valence electrons. The van der Waals surface area contributed by atoms with Crippen molar-refractivity contribution in [2.24, 2.45) is 5.92 Å². The lowest BCUT2D eigenvalue weighted by atomic mass is 10.1. The number of piperazine rings is 1. The summed E-state index contributed by atoms with van der Waals surface area (Å²) < 4.78 is 10.6. The van der Waals surface area contributed by atoms with Gasteiger partial charge >= 0.3 is 0 Å². The predicted molar refractivity (Wildman–Crippen MR) is 119 cm³/mol. The van der Waals surface area contributed by atoms with E-state index in [1.54, 1.807) is 21.9 Å². The number of halogens is 1. The van der Waals surface area contributed by atoms with E-state index in [1.165, 1.54) is 14.2 Å². The highest BCUT2D eigenvalue weighted by atomic mass is 35.5. The van der Waals surface area contributed by atoms with Gasteiger partial charge < -0.3 is 24.6 Å². The van der Waals surface area contributed by atoms with Gasteiger partial charge in [-0.2, -0.15) is 0 Å². The van der Waals surface area contributed by atoms with E-state index in [0.29, 0.717) is 61.0 Å². The van der Waals surface area contributed by atoms with Crippen LogP contribution in [0.1, 0.15) is 19.3 Å². The maximum Gasteiger partial charge on any atom is 0.234 e. The quantitative estimate of drug-likeness (QED) is 0.650. The van der Waals surface area contributed by atoms with Gasteiger partial charge in [0.2, 0.25) is 17.7 Å². The summed E-state index contributed by atoms with van der Waals surface area (Å²) in [5.74, 6) is 0.384. The van der Waals surface area contributed by atoms with Crippen molar-refractivity contribution < 1.29 is 23.9 Å². The summed E-state index contributed by atoms with van der Waals surface area (Å²) in [6, 6.07) is 3.63. The van der Waals surface area contributed by atoms with Gasteiger partial charge in [-0.15, -0.1) is 0 Å². The summed E-state index contributed by atoms with van der Waals surface area (Å²) in [4.78, 5) is 43.3. The Balaban J connectivity index is 1.34. The second-order valence-corrected chi connectivity index (χ2v) is 8.91. The molecule has 0 spiro atoms. The number of hydrogen-bond donors (Lipinski definition) is 1. The zero-order chi connectivity index (χ0) is 22.8. The van der Waals surface area contributed by atoms with Crippen LogP contribution in [0, 0.1) is 5.92 Å². The van der Waals surface area contributed by atoms with Crippen LogP contribution in [0.5, 0.6) is 11.5 Å². The van der Waals surface area contributed by atoms with Gasteiger partial charge in [-0.3, -0.25) is 19.3 Å². The number of hydrogen-bond acceptors (Lipinski definition) is 6. The summed E-state index contributed by atoms with van der Waals surface area (Å²) in [5.41, 5.74) is 0.532. The summed E-state index contributed by atoms with van der Waals surface area (Å²) in [5, 5.41) is 3.36. The third-order valence-corrected chi connectivity index (χ3v) is 6.51. The Bertz CT molecular complexity index is 899. The first-order valence-electron chi connectivity index (χ1n) is 10.9. The lowest BCUT2D eigenvalue weighted by molar-refractivity contribution is -0.137. The van der Waals surface area contributed by atoms with Crippen LogP contribution >= 0.6 is 11.6 Å². The van der Waals surface area contributed by atoms with Crippen LogP contribution in [-0.4, -0.2) is 87.1 Å². The first-order valence-corrected chi connectivity index (χ1v) is 11.3. The maximum absolute atomic E-state index is 13.1. The second kappa shape index (κ2) is 9.54. The SMILES string of the molecule is COc1cc(OC)c(N2C[C@@H](C(=O)N3CCN(CC(=O)NC4CC4)CC3)CC2=O)cc1Cl. The van der Waals surface area contributed by atoms with Crippen LogP contribution < -0.4 is 19.7 Å². The average molecular weight is 465 g/mol. The van der Waals surface area contributed by atoms with Gasteiger partial charge in [-0.1, -0.05) is 11.6 Å². The lowest BCUT2D eigenvalue weighted by Gasteiger charge is -2.35. The van der Waals surface area contributed by atoms with Crippen LogP contribution in [0.3, 0.4) is 0 Å². The normalized spacial score (nSPS) is 21.6. The number of nitrogens with zero attached hydrogens (tertiary/aromatic N) is 3. The van der Waals surface area contributed by atoms with Crippen molar-refractivity contribution in [3.8, 4) is 11.5 Å². The molecule has 10 heteroatoms. The van der Waals surface area contributed by atoms with E-state index in [-0.39, 0.29) is 30.7 Å². The molecule has 1 saturated carbocycles. The van der Waals surface area contributed by atoms with Gasteiger partial charge in [0.15, 0.2) is 0 Å². The fourth-order valence-electron chi connectivity index (χ4n) is 4.25. The molecule has 1 N–H and O–H groups in total. The number of carbonyl (C=O) groups excluding carboxylic acids is 3. The molecule has 1 aromatic carbocycles. The van der Waals surface area contributed by atoms with Gasteiger partial charge in [0.25, 0.3) is 0 Å². The summed E-state index contributed by atoms with van der Waals surface area (Å²) in [6.45, 7) is 3.05. The monoisotopic (exact) mass is 464 g/mol. The van der Waals surface area contributed by atoms with E-state index < -0.39 is 5.92 Å². The molecule has 0 radical (unpaired) electrons. The van der Waals surface area contributed by atoms with Crippen LogP contribution in [0.4, 0.5) is 5.69 Å². The highest BCUT2D eigenvalue weighted by Crippen LogP contribution is 2.40. The van der Waals surface area contributed by atoms with E-state index in [4.69, 9.17) is 21.1 Å². The van der Waals surface area contributed by atoms with Gasteiger partial charge in [0.05, 0.1) is 37.4 Å². The molecule has 0 unspecified atom stereocenters. The minimum absolute atomic E-state index is 0.0264. The summed E-state index contributed by atoms with van der Waals surface area (Å²) in [7, 11) is 3.02. The number of benzene rings is 1. The molecule has 1 atom stereocenters. The number of amides is 3. The fourth-order valence-corrected chi connectivity index (χ4v) is 4.48. The Morgan fingerprint density at radius 1 is 1.09 bits per heavy atom. The zero-order valence-corrected chi connectivity index (χ0v) is 19.2. The first kappa shape index (κ1) is 22.7. The van der Waals surface area contributed by atoms with Gasteiger partial charge in [-0.05, 0) is 18.9 Å². The standard InChI is InChI=1S/C22H29ClN4O5/c1-31-18-11-19(32-2)17(10-16(18)23)27-12-14(9-21(27)29)22(30)26-7-5-25(6-8-26)13-20(28)24-15-3-4-15/h10-11,14-15H,3-9,12-13H2,1-2H3,(H,24,28)/t14-/m0/s1. The number of methoxy groups -OCH3 is 2. The number of anilines is 1. The minimum Gasteiger partial charge on any atom is -0.495 e. The molecule has 9 nitrogen and oxygen atoms in total. The molecule has 2 saturated heterocycles. The molecule has 2 aliphatic heterocycles. The molecule has 0 aromatic heterocycles. The zero-order valence-electron chi connectivity index (χ0n) is 18.4. The Labute approximate surface area is 192 Å². The Hall–Kier alpha value is -2.52. The van der Waals surface area contributed by atoms with E-state index in [9.17, 15) is 14.4 Å². The Kier molecular flexibility index (Phi) is 6.76. The van der Waals surface area contributed by atoms with Crippen LogP contribution in [0.2, 0.25) is 5.02 Å². The predicted octanol–water partition coefficient (Wildman–Crippen LogP) is 1.13. The average Bonchev–Trinajstić information content (AvgIpc) is 3.51. The van der Waals surface area contributed by atoms with Crippen molar-refractivity contribution in [3.05, 3.63) is 17.2 Å². The molecule has 32 heavy (non-hydrogen) atoms. The Morgan fingerprint density at radius 3 is 2.41 bits per heavy atom. The maximum atomic E-state index is 13.1. The third kappa shape index (κ3) is 4.94. The highest BCUT2D eigenvalue weighted by molar-refractivity contribution is 6.32. The molecule has 1 aliphatic carbocycles. The first-order chi connectivity index (χ1) is 15.4. The van der Waals surface area contributed by atoms with Crippen molar-refractivity contribution in [2.45, 2.75) is 25.3 Å². The smallest absolute Gasteiger partial charge is 0.234 e. The molecular formula is C22H29ClN4O5. The van der Waals surface area contributed by atoms with E-state index in [0.717, 1.165) is 12.8 Å². The van der Waals surface area contributed by atoms with Gasteiger partial charge in [0.1, 0.15) is 11.5 Å². The lowest BCUT2D eigenvalue weighted by Crippen LogP contribution is -2.52. The van der Waals surface area contributed by atoms with Crippen molar-refractivity contribution in [1.29, 1.82) is 0 Å². The molecule has 3 fully saturated rings. The Morgan fingerprint density at radius 2 is 1.78 bits per heavy atom. The van der Waals surface area contributed by atoms with Gasteiger partial charge in [0, 0.05) is 51.3 Å². The van der Waals surface area contributed by atoms with Crippen LogP contribution in [-0.2, 0) is 14.4 Å². The van der Waals surface area contributed by atoms with E-state index in [1.807, 2.05) is 0 Å². The van der Waals surface area contributed by atoms with E-state index >= 15 is 0 Å². The van der Waals surface area contributed by atoms with Crippen molar-refractivity contribution in [1.82, 2.24) is 15.1 Å². The molecule has 0 bridgehead atoms. The number of carbonyl (C=O) groups is 3. The van der Waals surface area contributed by atoms with Crippen molar-refractivity contribution in [3.63, 3.8) is 0 Å². The largest absolute Gasteiger partial charge is 0.495 e. The minimum atomic E-state index is -0.419. The molecular weight excluding hydrogens is 436 g/mol. The topological polar surface area (TPSA) is 91.4 Å². The van der Waals surface area contributed by atoms with Crippen LogP contribution in [0.25, 0.3) is 0 Å². The molecule has 3 aliphatic rings. The van der Waals surface area contributed by atoms with Crippen LogP contribution in [0.15, 0.2) is 12.1 Å². The van der Waals surface area contributed by atoms with Crippen molar-refractivity contribution in [2.75, 3.05) is 58.4 Å². The summed E-state index contributed by atoms with van der Waals surface area (Å²) in [6.07, 6.45) is 2.29. The fraction of sp³-hybridized carbons (Fsp3) is 0.591. The molecule has 2 heterocycles. The number of nitrogens with one attached hydrogen (secondary N) is 1. The van der Waals surface area contributed by atoms with Gasteiger partial charge in [-0.25, -0.2) is 0 Å². The number of rotatable bonds is 7. The second-order valence-electron chi connectivity index (χ2n) is 8.51. The number of ether oxygens (including phenoxy) is 2. The van der Waals surface area contributed by atoms with E-state index in [2.05, 4.69) is 10.2 Å². The molecule has 1 aromatic rings. The van der Waals surface area contributed by atoms with Crippen molar-refractivity contribution >= 4 is 35.0 Å².